The fourth-order valence-electron chi connectivity index (χ4n) is 2.63. The Hall–Kier alpha value is -2.93. The van der Waals surface area contributed by atoms with E-state index in [9.17, 15) is 4.39 Å². The third kappa shape index (κ3) is 5.53. The molecule has 1 heterocycles. The van der Waals surface area contributed by atoms with Crippen LogP contribution in [0.4, 0.5) is 4.39 Å². The van der Waals surface area contributed by atoms with E-state index in [1.807, 2.05) is 18.2 Å². The molecule has 0 fully saturated rings. The van der Waals surface area contributed by atoms with E-state index in [4.69, 9.17) is 16.1 Å². The summed E-state index contributed by atoms with van der Waals surface area (Å²) in [6.07, 6.45) is 1.11. The zero-order chi connectivity index (χ0) is 19.8. The second kappa shape index (κ2) is 9.85. The molecule has 3 rings (SSSR count). The largest absolute Gasteiger partial charge is 0.356 e. The normalized spacial score (nSPS) is 11.5. The van der Waals surface area contributed by atoms with Crippen molar-refractivity contribution in [1.82, 2.24) is 20.8 Å². The summed E-state index contributed by atoms with van der Waals surface area (Å²) in [4.78, 5) is 8.53. The Morgan fingerprint density at radius 1 is 1.11 bits per heavy atom. The fraction of sp³-hybridized carbons (Fsp3) is 0.250. The van der Waals surface area contributed by atoms with Crippen LogP contribution in [0.3, 0.4) is 0 Å². The van der Waals surface area contributed by atoms with Crippen molar-refractivity contribution in [1.29, 1.82) is 0 Å². The van der Waals surface area contributed by atoms with E-state index < -0.39 is 0 Å². The molecule has 0 aliphatic carbocycles. The first kappa shape index (κ1) is 19.8. The summed E-state index contributed by atoms with van der Waals surface area (Å²) in [6, 6.07) is 14.0. The average molecular weight is 402 g/mol. The van der Waals surface area contributed by atoms with E-state index in [2.05, 4.69) is 25.8 Å². The molecule has 0 atom stereocenters. The van der Waals surface area contributed by atoms with E-state index in [-0.39, 0.29) is 5.82 Å². The molecule has 0 aliphatic rings. The van der Waals surface area contributed by atoms with Gasteiger partial charge in [0.1, 0.15) is 5.82 Å². The Bertz CT molecular complexity index is 944. The lowest BCUT2D eigenvalue weighted by atomic mass is 10.1. The summed E-state index contributed by atoms with van der Waals surface area (Å²) in [5.74, 6) is 1.46. The number of hydrogen-bond acceptors (Lipinski definition) is 4. The maximum absolute atomic E-state index is 13.6. The van der Waals surface area contributed by atoms with Crippen LogP contribution in [0, 0.1) is 5.82 Å². The molecule has 6 nitrogen and oxygen atoms in total. The van der Waals surface area contributed by atoms with Gasteiger partial charge in [0.15, 0.2) is 5.96 Å². The van der Waals surface area contributed by atoms with Crippen molar-refractivity contribution in [3.8, 4) is 11.4 Å². The van der Waals surface area contributed by atoms with Gasteiger partial charge >= 0.3 is 0 Å². The fourth-order valence-corrected chi connectivity index (χ4v) is 2.82. The third-order valence-electron chi connectivity index (χ3n) is 4.05. The van der Waals surface area contributed by atoms with Gasteiger partial charge in [0, 0.05) is 37.1 Å². The Labute approximate surface area is 167 Å². The maximum Gasteiger partial charge on any atom is 0.228 e. The third-order valence-corrected chi connectivity index (χ3v) is 4.29. The van der Waals surface area contributed by atoms with Crippen LogP contribution in [0.15, 0.2) is 58.0 Å². The highest BCUT2D eigenvalue weighted by Gasteiger charge is 2.09. The van der Waals surface area contributed by atoms with E-state index >= 15 is 0 Å². The Morgan fingerprint density at radius 2 is 1.89 bits per heavy atom. The molecule has 0 spiro atoms. The lowest BCUT2D eigenvalue weighted by molar-refractivity contribution is 0.378. The van der Waals surface area contributed by atoms with Crippen LogP contribution >= 0.6 is 11.6 Å². The van der Waals surface area contributed by atoms with Crippen LogP contribution in [0.5, 0.6) is 0 Å². The van der Waals surface area contributed by atoms with Gasteiger partial charge in [0.25, 0.3) is 0 Å². The molecule has 146 valence electrons. The van der Waals surface area contributed by atoms with Gasteiger partial charge in [-0.3, -0.25) is 4.99 Å². The molecule has 0 amide bonds. The number of hydrogen-bond donors (Lipinski definition) is 2. The summed E-state index contributed by atoms with van der Waals surface area (Å²) in [6.45, 7) is 1.14. The Balaban J connectivity index is 1.44. The average Bonchev–Trinajstić information content (AvgIpc) is 3.17. The maximum atomic E-state index is 13.6. The first-order valence-electron chi connectivity index (χ1n) is 8.92. The number of nitrogens with one attached hydrogen (secondary N) is 2. The van der Waals surface area contributed by atoms with Crippen LogP contribution in [-0.2, 0) is 12.8 Å². The minimum Gasteiger partial charge on any atom is -0.356 e. The minimum atomic E-state index is -0.195. The number of benzene rings is 2. The molecule has 2 aromatic carbocycles. The summed E-state index contributed by atoms with van der Waals surface area (Å²) in [5, 5.41) is 10.9. The van der Waals surface area contributed by atoms with Crippen molar-refractivity contribution in [2.24, 2.45) is 4.99 Å². The lowest BCUT2D eigenvalue weighted by Gasteiger charge is -2.11. The predicted molar refractivity (Wildman–Crippen MR) is 108 cm³/mol. The number of halogens is 2. The van der Waals surface area contributed by atoms with Crippen molar-refractivity contribution in [3.05, 3.63) is 70.8 Å². The van der Waals surface area contributed by atoms with Crippen molar-refractivity contribution >= 4 is 17.6 Å². The van der Waals surface area contributed by atoms with Gasteiger partial charge in [0.2, 0.25) is 11.7 Å². The Morgan fingerprint density at radius 3 is 2.64 bits per heavy atom. The lowest BCUT2D eigenvalue weighted by Crippen LogP contribution is -2.39. The molecule has 0 unspecified atom stereocenters. The first-order chi connectivity index (χ1) is 13.7. The molecule has 0 aliphatic heterocycles. The second-order valence-electron chi connectivity index (χ2n) is 6.04. The van der Waals surface area contributed by atoms with Crippen LogP contribution in [0.2, 0.25) is 5.02 Å². The molecule has 0 saturated heterocycles. The molecule has 8 heteroatoms. The van der Waals surface area contributed by atoms with Crippen molar-refractivity contribution < 1.29 is 8.91 Å². The number of aliphatic imine (C=N–C) groups is 1. The number of guanidine groups is 1. The quantitative estimate of drug-likeness (QED) is 0.468. The smallest absolute Gasteiger partial charge is 0.228 e. The van der Waals surface area contributed by atoms with Gasteiger partial charge in [0.05, 0.1) is 0 Å². The zero-order valence-corrected chi connectivity index (χ0v) is 16.2. The minimum absolute atomic E-state index is 0.195. The highest BCUT2D eigenvalue weighted by molar-refractivity contribution is 6.30. The highest BCUT2D eigenvalue weighted by atomic mass is 35.5. The van der Waals surface area contributed by atoms with Crippen molar-refractivity contribution in [2.45, 2.75) is 12.8 Å². The summed E-state index contributed by atoms with van der Waals surface area (Å²) in [5.41, 5.74) is 1.48. The van der Waals surface area contributed by atoms with Gasteiger partial charge in [-0.2, -0.15) is 4.98 Å². The molecule has 28 heavy (non-hydrogen) atoms. The zero-order valence-electron chi connectivity index (χ0n) is 15.5. The standard InChI is InChI=1S/C20H21ClFN5O/c1-23-20(24-11-9-14-5-2-3-8-17(14)22)25-12-10-18-26-19(27-28-18)15-6-4-7-16(21)13-15/h2-8,13H,9-12H2,1H3,(H2,23,24,25). The SMILES string of the molecule is CN=C(NCCc1nc(-c2cccc(Cl)c2)no1)NCCc1ccccc1F. The van der Waals surface area contributed by atoms with Crippen molar-refractivity contribution in [3.63, 3.8) is 0 Å². The van der Waals surface area contributed by atoms with E-state index in [1.54, 1.807) is 31.3 Å². The van der Waals surface area contributed by atoms with Crippen LogP contribution in [-0.4, -0.2) is 36.2 Å². The molecule has 0 saturated carbocycles. The van der Waals surface area contributed by atoms with Gasteiger partial charge in [-0.1, -0.05) is 47.1 Å². The molecular formula is C20H21ClFN5O. The molecule has 3 aromatic rings. The topological polar surface area (TPSA) is 75.3 Å². The van der Waals surface area contributed by atoms with Crippen molar-refractivity contribution in [2.75, 3.05) is 20.1 Å². The molecule has 0 bridgehead atoms. The molecule has 2 N–H and O–H groups in total. The van der Waals surface area contributed by atoms with Crippen LogP contribution in [0.25, 0.3) is 11.4 Å². The van der Waals surface area contributed by atoms with E-state index in [0.29, 0.717) is 54.2 Å². The van der Waals surface area contributed by atoms with E-state index in [1.165, 1.54) is 6.07 Å². The summed E-state index contributed by atoms with van der Waals surface area (Å²) < 4.78 is 18.9. The predicted octanol–water partition coefficient (Wildman–Crippen LogP) is 3.48. The second-order valence-corrected chi connectivity index (χ2v) is 6.48. The van der Waals surface area contributed by atoms with Crippen LogP contribution < -0.4 is 10.6 Å². The number of rotatable bonds is 7. The highest BCUT2D eigenvalue weighted by Crippen LogP contribution is 2.19. The van der Waals surface area contributed by atoms with Crippen LogP contribution in [0.1, 0.15) is 11.5 Å². The molecule has 0 radical (unpaired) electrons. The molecular weight excluding hydrogens is 381 g/mol. The monoisotopic (exact) mass is 401 g/mol. The van der Waals surface area contributed by atoms with Gasteiger partial charge in [-0.25, -0.2) is 4.39 Å². The van der Waals surface area contributed by atoms with Gasteiger partial charge in [-0.15, -0.1) is 0 Å². The number of nitrogens with zero attached hydrogens (tertiary/aromatic N) is 3. The van der Waals surface area contributed by atoms with Gasteiger partial charge in [-0.05, 0) is 30.2 Å². The summed E-state index contributed by atoms with van der Waals surface area (Å²) >= 11 is 5.99. The Kier molecular flexibility index (Phi) is 6.97. The van der Waals surface area contributed by atoms with Gasteiger partial charge < -0.3 is 15.2 Å². The number of aromatic nitrogens is 2. The van der Waals surface area contributed by atoms with E-state index in [0.717, 1.165) is 5.56 Å². The summed E-state index contributed by atoms with van der Waals surface area (Å²) in [7, 11) is 1.68. The molecule has 1 aromatic heterocycles. The first-order valence-corrected chi connectivity index (χ1v) is 9.30.